The van der Waals surface area contributed by atoms with Crippen molar-refractivity contribution in [1.29, 1.82) is 0 Å². The summed E-state index contributed by atoms with van der Waals surface area (Å²) in [6, 6.07) is 6.07. The van der Waals surface area contributed by atoms with Crippen molar-refractivity contribution >= 4 is 0 Å². The van der Waals surface area contributed by atoms with Crippen LogP contribution >= 0.6 is 0 Å². The Balaban J connectivity index is 2.08. The van der Waals surface area contributed by atoms with E-state index in [0.29, 0.717) is 12.5 Å². The van der Waals surface area contributed by atoms with Crippen LogP contribution in [0.4, 0.5) is 13.2 Å². The van der Waals surface area contributed by atoms with Crippen molar-refractivity contribution in [2.24, 2.45) is 11.7 Å². The summed E-state index contributed by atoms with van der Waals surface area (Å²) in [5, 5.41) is 0. The number of nitrogens with two attached hydrogens (primary N) is 1. The standard InChI is InChI=1S/C15H21F3N2O/c1-11-3-2-8-20(10-11)14(9-19)12-4-6-13(7-5-12)21-15(16,17)18/h4-7,11,14H,2-3,8-10,19H2,1H3. The maximum atomic E-state index is 12.2. The van der Waals surface area contributed by atoms with Gasteiger partial charge in [0.25, 0.3) is 0 Å². The highest BCUT2D eigenvalue weighted by atomic mass is 19.4. The first-order valence-electron chi connectivity index (χ1n) is 7.19. The highest BCUT2D eigenvalue weighted by molar-refractivity contribution is 5.29. The number of halogens is 3. The van der Waals surface area contributed by atoms with Crippen LogP contribution in [0.5, 0.6) is 5.75 Å². The van der Waals surface area contributed by atoms with Gasteiger partial charge in [-0.2, -0.15) is 0 Å². The molecule has 1 aliphatic heterocycles. The lowest BCUT2D eigenvalue weighted by atomic mass is 9.96. The number of nitrogens with zero attached hydrogens (tertiary/aromatic N) is 1. The van der Waals surface area contributed by atoms with E-state index < -0.39 is 6.36 Å². The lowest BCUT2D eigenvalue weighted by Gasteiger charge is -2.37. The summed E-state index contributed by atoms with van der Waals surface area (Å²) in [6.45, 7) is 4.61. The van der Waals surface area contributed by atoms with Crippen molar-refractivity contribution in [1.82, 2.24) is 4.90 Å². The molecule has 1 aromatic carbocycles. The first-order chi connectivity index (χ1) is 9.89. The number of alkyl halides is 3. The van der Waals surface area contributed by atoms with E-state index in [9.17, 15) is 13.2 Å². The predicted molar refractivity (Wildman–Crippen MR) is 74.9 cm³/mol. The Morgan fingerprint density at radius 2 is 2.00 bits per heavy atom. The molecule has 0 aromatic heterocycles. The lowest BCUT2D eigenvalue weighted by molar-refractivity contribution is -0.274. The molecule has 2 atom stereocenters. The smallest absolute Gasteiger partial charge is 0.406 e. The summed E-state index contributed by atoms with van der Waals surface area (Å²) in [5.41, 5.74) is 6.80. The zero-order valence-corrected chi connectivity index (χ0v) is 12.1. The molecule has 1 aliphatic rings. The van der Waals surface area contributed by atoms with E-state index in [1.807, 2.05) is 0 Å². The van der Waals surface area contributed by atoms with Crippen LogP contribution in [0, 0.1) is 5.92 Å². The van der Waals surface area contributed by atoms with Crippen molar-refractivity contribution in [3.63, 3.8) is 0 Å². The van der Waals surface area contributed by atoms with Crippen LogP contribution < -0.4 is 10.5 Å². The molecule has 0 amide bonds. The Morgan fingerprint density at radius 1 is 1.33 bits per heavy atom. The van der Waals surface area contributed by atoms with Gasteiger partial charge in [0.15, 0.2) is 0 Å². The van der Waals surface area contributed by atoms with Crippen LogP contribution in [0.2, 0.25) is 0 Å². The Bertz CT molecular complexity index is 447. The second-order valence-corrected chi connectivity index (χ2v) is 5.61. The van der Waals surface area contributed by atoms with Gasteiger partial charge in [0, 0.05) is 19.1 Å². The SMILES string of the molecule is CC1CCCN(C(CN)c2ccc(OC(F)(F)F)cc2)C1. The number of hydrogen-bond acceptors (Lipinski definition) is 3. The number of hydrogen-bond donors (Lipinski definition) is 1. The normalized spacial score (nSPS) is 22.0. The maximum Gasteiger partial charge on any atom is 0.573 e. The third-order valence-electron chi connectivity index (χ3n) is 3.85. The third-order valence-corrected chi connectivity index (χ3v) is 3.85. The number of rotatable bonds is 4. The van der Waals surface area contributed by atoms with Crippen LogP contribution in [0.1, 0.15) is 31.4 Å². The van der Waals surface area contributed by atoms with E-state index in [0.717, 1.165) is 25.1 Å². The topological polar surface area (TPSA) is 38.5 Å². The second-order valence-electron chi connectivity index (χ2n) is 5.61. The molecule has 2 rings (SSSR count). The van der Waals surface area contributed by atoms with Gasteiger partial charge in [-0.15, -0.1) is 13.2 Å². The van der Waals surface area contributed by atoms with Crippen LogP contribution in [-0.4, -0.2) is 30.9 Å². The molecule has 1 saturated heterocycles. The molecule has 2 unspecified atom stereocenters. The minimum absolute atomic E-state index is 0.0488. The molecule has 2 N–H and O–H groups in total. The van der Waals surface area contributed by atoms with Gasteiger partial charge in [-0.3, -0.25) is 4.90 Å². The minimum Gasteiger partial charge on any atom is -0.406 e. The number of piperidine rings is 1. The molecular weight excluding hydrogens is 281 g/mol. The van der Waals surface area contributed by atoms with Gasteiger partial charge in [-0.1, -0.05) is 19.1 Å². The first-order valence-corrected chi connectivity index (χ1v) is 7.19. The zero-order chi connectivity index (χ0) is 15.5. The van der Waals surface area contributed by atoms with Crippen molar-refractivity contribution in [3.05, 3.63) is 29.8 Å². The molecule has 0 radical (unpaired) electrons. The lowest BCUT2D eigenvalue weighted by Crippen LogP contribution is -2.40. The van der Waals surface area contributed by atoms with Gasteiger partial charge >= 0.3 is 6.36 Å². The van der Waals surface area contributed by atoms with Crippen molar-refractivity contribution in [3.8, 4) is 5.75 Å². The number of benzene rings is 1. The average Bonchev–Trinajstić information content (AvgIpc) is 2.40. The third kappa shape index (κ3) is 4.61. The highest BCUT2D eigenvalue weighted by Crippen LogP contribution is 2.28. The van der Waals surface area contributed by atoms with Crippen LogP contribution in [-0.2, 0) is 0 Å². The molecule has 3 nitrogen and oxygen atoms in total. The largest absolute Gasteiger partial charge is 0.573 e. The fraction of sp³-hybridized carbons (Fsp3) is 0.600. The molecule has 0 saturated carbocycles. The van der Waals surface area contributed by atoms with Crippen molar-refractivity contribution < 1.29 is 17.9 Å². The minimum atomic E-state index is -4.66. The summed E-state index contributed by atoms with van der Waals surface area (Å²) >= 11 is 0. The summed E-state index contributed by atoms with van der Waals surface area (Å²) in [4.78, 5) is 2.31. The van der Waals surface area contributed by atoms with Crippen LogP contribution in [0.15, 0.2) is 24.3 Å². The molecule has 118 valence electrons. The summed E-state index contributed by atoms with van der Waals surface area (Å²) in [5.74, 6) is 0.426. The molecule has 0 aliphatic carbocycles. The number of ether oxygens (including phenoxy) is 1. The Morgan fingerprint density at radius 3 is 2.52 bits per heavy atom. The van der Waals surface area contributed by atoms with Gasteiger partial charge in [-0.25, -0.2) is 0 Å². The molecule has 21 heavy (non-hydrogen) atoms. The fourth-order valence-corrected chi connectivity index (χ4v) is 2.90. The summed E-state index contributed by atoms with van der Waals surface area (Å²) in [6.07, 6.45) is -2.31. The molecule has 1 heterocycles. The second kappa shape index (κ2) is 6.66. The van der Waals surface area contributed by atoms with Crippen molar-refractivity contribution in [2.75, 3.05) is 19.6 Å². The van der Waals surface area contributed by atoms with Crippen molar-refractivity contribution in [2.45, 2.75) is 32.2 Å². The molecule has 0 bridgehead atoms. The average molecular weight is 302 g/mol. The highest BCUT2D eigenvalue weighted by Gasteiger charge is 2.31. The van der Waals surface area contributed by atoms with E-state index >= 15 is 0 Å². The van der Waals surface area contributed by atoms with Crippen LogP contribution in [0.25, 0.3) is 0 Å². The maximum absolute atomic E-state index is 12.2. The first kappa shape index (κ1) is 16.1. The number of likely N-dealkylation sites (tertiary alicyclic amines) is 1. The monoisotopic (exact) mass is 302 g/mol. The Kier molecular flexibility index (Phi) is 5.11. The molecule has 6 heteroatoms. The predicted octanol–water partition coefficient (Wildman–Crippen LogP) is 3.32. The summed E-state index contributed by atoms with van der Waals surface area (Å²) in [7, 11) is 0. The van der Waals surface area contributed by atoms with Gasteiger partial charge in [0.05, 0.1) is 0 Å². The van der Waals surface area contributed by atoms with E-state index in [1.165, 1.54) is 18.6 Å². The Labute approximate surface area is 122 Å². The van der Waals surface area contributed by atoms with Gasteiger partial charge in [0.2, 0.25) is 0 Å². The van der Waals surface area contributed by atoms with Crippen LogP contribution in [0.3, 0.4) is 0 Å². The van der Waals surface area contributed by atoms with E-state index in [-0.39, 0.29) is 11.8 Å². The Hall–Kier alpha value is -1.27. The molecule has 0 spiro atoms. The van der Waals surface area contributed by atoms with Gasteiger partial charge in [0.1, 0.15) is 5.75 Å². The van der Waals surface area contributed by atoms with E-state index in [4.69, 9.17) is 5.73 Å². The molecule has 1 aromatic rings. The van der Waals surface area contributed by atoms with E-state index in [2.05, 4.69) is 16.6 Å². The fourth-order valence-electron chi connectivity index (χ4n) is 2.90. The van der Waals surface area contributed by atoms with E-state index in [1.54, 1.807) is 12.1 Å². The molecule has 1 fully saturated rings. The van der Waals surface area contributed by atoms with Gasteiger partial charge in [-0.05, 0) is 43.0 Å². The zero-order valence-electron chi connectivity index (χ0n) is 12.1. The molecular formula is C15H21F3N2O. The quantitative estimate of drug-likeness (QED) is 0.927. The summed E-state index contributed by atoms with van der Waals surface area (Å²) < 4.78 is 40.3. The van der Waals surface area contributed by atoms with Gasteiger partial charge < -0.3 is 10.5 Å².